The van der Waals surface area contributed by atoms with Gasteiger partial charge in [0, 0.05) is 17.0 Å². The Hall–Kier alpha value is -0.860. The van der Waals surface area contributed by atoms with E-state index >= 15 is 0 Å². The number of halogens is 1. The summed E-state index contributed by atoms with van der Waals surface area (Å²) in [6.45, 7) is 8.11. The molecule has 0 heterocycles. The fourth-order valence-electron chi connectivity index (χ4n) is 1.91. The molecule has 0 aliphatic heterocycles. The molecule has 0 bridgehead atoms. The molecule has 2 nitrogen and oxygen atoms in total. The SMILES string of the molecule is CCC(=O)[C@@H](Cc1cccc(Cl)c1)NC(C)(C)C. The third-order valence-corrected chi connectivity index (χ3v) is 2.91. The zero-order valence-electron chi connectivity index (χ0n) is 11.6. The van der Waals surface area contributed by atoms with Gasteiger partial charge in [-0.3, -0.25) is 4.79 Å². The van der Waals surface area contributed by atoms with Gasteiger partial charge in [0.15, 0.2) is 0 Å². The van der Waals surface area contributed by atoms with E-state index in [1.807, 2.05) is 31.2 Å². The normalized spacial score (nSPS) is 13.4. The number of benzene rings is 1. The smallest absolute Gasteiger partial charge is 0.149 e. The van der Waals surface area contributed by atoms with E-state index in [2.05, 4.69) is 26.1 Å². The van der Waals surface area contributed by atoms with E-state index in [1.165, 1.54) is 0 Å². The third kappa shape index (κ3) is 5.19. The molecule has 100 valence electrons. The quantitative estimate of drug-likeness (QED) is 0.883. The minimum absolute atomic E-state index is 0.0753. The Labute approximate surface area is 115 Å². The summed E-state index contributed by atoms with van der Waals surface area (Å²) in [6.07, 6.45) is 1.23. The predicted octanol–water partition coefficient (Wildman–Crippen LogP) is 3.62. The molecule has 0 saturated heterocycles. The molecule has 0 aliphatic rings. The fraction of sp³-hybridized carbons (Fsp3) is 0.533. The molecule has 0 aromatic heterocycles. The van der Waals surface area contributed by atoms with Crippen LogP contribution in [0.25, 0.3) is 0 Å². The average molecular weight is 268 g/mol. The van der Waals surface area contributed by atoms with Crippen LogP contribution in [0.4, 0.5) is 0 Å². The van der Waals surface area contributed by atoms with Crippen molar-refractivity contribution in [3.8, 4) is 0 Å². The number of hydrogen-bond acceptors (Lipinski definition) is 2. The van der Waals surface area contributed by atoms with Crippen molar-refractivity contribution in [2.24, 2.45) is 0 Å². The first-order valence-electron chi connectivity index (χ1n) is 6.36. The van der Waals surface area contributed by atoms with Crippen molar-refractivity contribution >= 4 is 17.4 Å². The highest BCUT2D eigenvalue weighted by Gasteiger charge is 2.22. The van der Waals surface area contributed by atoms with Gasteiger partial charge in [0.2, 0.25) is 0 Å². The zero-order valence-corrected chi connectivity index (χ0v) is 12.3. The second kappa shape index (κ2) is 6.35. The Balaban J connectivity index is 2.81. The molecular formula is C15H22ClNO. The zero-order chi connectivity index (χ0) is 13.8. The number of rotatable bonds is 5. The van der Waals surface area contributed by atoms with Crippen LogP contribution in [-0.4, -0.2) is 17.4 Å². The van der Waals surface area contributed by atoms with Gasteiger partial charge in [-0.25, -0.2) is 0 Å². The molecule has 1 rings (SSSR count). The van der Waals surface area contributed by atoms with E-state index in [9.17, 15) is 4.79 Å². The van der Waals surface area contributed by atoms with Crippen LogP contribution in [0.1, 0.15) is 39.7 Å². The van der Waals surface area contributed by atoms with Crippen LogP contribution in [0, 0.1) is 0 Å². The fourth-order valence-corrected chi connectivity index (χ4v) is 2.13. The Morgan fingerprint density at radius 1 is 1.39 bits per heavy atom. The average Bonchev–Trinajstić information content (AvgIpc) is 2.25. The van der Waals surface area contributed by atoms with Crippen LogP contribution >= 0.6 is 11.6 Å². The van der Waals surface area contributed by atoms with E-state index in [0.29, 0.717) is 17.9 Å². The molecule has 0 unspecified atom stereocenters. The number of carbonyl (C=O) groups is 1. The Morgan fingerprint density at radius 3 is 2.56 bits per heavy atom. The van der Waals surface area contributed by atoms with Gasteiger partial charge in [-0.2, -0.15) is 0 Å². The number of carbonyl (C=O) groups excluding carboxylic acids is 1. The van der Waals surface area contributed by atoms with Gasteiger partial charge >= 0.3 is 0 Å². The van der Waals surface area contributed by atoms with Crippen molar-refractivity contribution in [1.82, 2.24) is 5.32 Å². The summed E-state index contributed by atoms with van der Waals surface area (Å²) in [6, 6.07) is 7.54. The lowest BCUT2D eigenvalue weighted by atomic mass is 9.97. The molecule has 1 N–H and O–H groups in total. The minimum Gasteiger partial charge on any atom is -0.302 e. The first-order chi connectivity index (χ1) is 8.31. The maximum atomic E-state index is 12.0. The van der Waals surface area contributed by atoms with Gasteiger partial charge in [-0.1, -0.05) is 30.7 Å². The summed E-state index contributed by atoms with van der Waals surface area (Å²) in [5.41, 5.74) is 1.01. The van der Waals surface area contributed by atoms with Crippen molar-refractivity contribution in [2.75, 3.05) is 0 Å². The second-order valence-electron chi connectivity index (χ2n) is 5.60. The minimum atomic E-state index is -0.145. The van der Waals surface area contributed by atoms with Crippen molar-refractivity contribution < 1.29 is 4.79 Å². The Kier molecular flexibility index (Phi) is 5.36. The van der Waals surface area contributed by atoms with Crippen molar-refractivity contribution in [3.05, 3.63) is 34.9 Å². The van der Waals surface area contributed by atoms with Crippen LogP contribution in [0.5, 0.6) is 0 Å². The van der Waals surface area contributed by atoms with Crippen LogP contribution < -0.4 is 5.32 Å². The van der Waals surface area contributed by atoms with Crippen molar-refractivity contribution in [1.29, 1.82) is 0 Å². The van der Waals surface area contributed by atoms with Crippen LogP contribution in [-0.2, 0) is 11.2 Å². The molecule has 0 amide bonds. The standard InChI is InChI=1S/C15H22ClNO/c1-5-14(18)13(17-15(2,3)4)10-11-7-6-8-12(16)9-11/h6-9,13,17H,5,10H2,1-4H3/t13-/m1/s1. The molecule has 18 heavy (non-hydrogen) atoms. The van der Waals surface area contributed by atoms with Crippen LogP contribution in [0.15, 0.2) is 24.3 Å². The second-order valence-corrected chi connectivity index (χ2v) is 6.04. The lowest BCUT2D eigenvalue weighted by Gasteiger charge is -2.27. The Morgan fingerprint density at radius 2 is 2.06 bits per heavy atom. The number of ketones is 1. The largest absolute Gasteiger partial charge is 0.302 e. The third-order valence-electron chi connectivity index (χ3n) is 2.67. The van der Waals surface area contributed by atoms with Crippen molar-refractivity contribution in [2.45, 2.75) is 52.1 Å². The molecule has 3 heteroatoms. The molecular weight excluding hydrogens is 246 g/mol. The van der Waals surface area contributed by atoms with E-state index in [4.69, 9.17) is 11.6 Å². The van der Waals surface area contributed by atoms with Crippen LogP contribution in [0.2, 0.25) is 5.02 Å². The molecule has 0 spiro atoms. The highest BCUT2D eigenvalue weighted by atomic mass is 35.5. The summed E-state index contributed by atoms with van der Waals surface area (Å²) >= 11 is 5.97. The number of Topliss-reactive ketones (excluding diaryl/α,β-unsaturated/α-hetero) is 1. The first kappa shape index (κ1) is 15.2. The van der Waals surface area contributed by atoms with Gasteiger partial charge in [0.25, 0.3) is 0 Å². The number of nitrogens with one attached hydrogen (secondary N) is 1. The highest BCUT2D eigenvalue weighted by molar-refractivity contribution is 6.30. The highest BCUT2D eigenvalue weighted by Crippen LogP contribution is 2.14. The maximum Gasteiger partial charge on any atom is 0.149 e. The predicted molar refractivity (Wildman–Crippen MR) is 77.1 cm³/mol. The lowest BCUT2D eigenvalue weighted by molar-refractivity contribution is -0.121. The van der Waals surface area contributed by atoms with E-state index in [1.54, 1.807) is 0 Å². The van der Waals surface area contributed by atoms with Gasteiger partial charge in [0.1, 0.15) is 5.78 Å². The van der Waals surface area contributed by atoms with E-state index < -0.39 is 0 Å². The summed E-state index contributed by atoms with van der Waals surface area (Å²) in [5.74, 6) is 0.241. The van der Waals surface area contributed by atoms with E-state index in [-0.39, 0.29) is 17.4 Å². The number of hydrogen-bond donors (Lipinski definition) is 1. The maximum absolute atomic E-state index is 12.0. The lowest BCUT2D eigenvalue weighted by Crippen LogP contribution is -2.48. The van der Waals surface area contributed by atoms with Gasteiger partial charge < -0.3 is 5.32 Å². The Bertz CT molecular complexity index is 409. The van der Waals surface area contributed by atoms with Crippen LogP contribution in [0.3, 0.4) is 0 Å². The summed E-state index contributed by atoms with van der Waals surface area (Å²) in [7, 11) is 0. The summed E-state index contributed by atoms with van der Waals surface area (Å²) in [5, 5.41) is 4.10. The molecule has 0 saturated carbocycles. The van der Waals surface area contributed by atoms with Gasteiger partial charge in [-0.15, -0.1) is 0 Å². The molecule has 0 radical (unpaired) electrons. The van der Waals surface area contributed by atoms with E-state index in [0.717, 1.165) is 5.56 Å². The molecule has 1 atom stereocenters. The molecule has 1 aromatic carbocycles. The molecule has 1 aromatic rings. The first-order valence-corrected chi connectivity index (χ1v) is 6.74. The van der Waals surface area contributed by atoms with Crippen molar-refractivity contribution in [3.63, 3.8) is 0 Å². The topological polar surface area (TPSA) is 29.1 Å². The monoisotopic (exact) mass is 267 g/mol. The van der Waals surface area contributed by atoms with Gasteiger partial charge in [-0.05, 0) is 44.9 Å². The van der Waals surface area contributed by atoms with Gasteiger partial charge in [0.05, 0.1) is 6.04 Å². The summed E-state index contributed by atoms with van der Waals surface area (Å²) < 4.78 is 0. The molecule has 0 fully saturated rings. The molecule has 0 aliphatic carbocycles. The summed E-state index contributed by atoms with van der Waals surface area (Å²) in [4.78, 5) is 12.0.